The number of ether oxygens (including phenoxy) is 3. The minimum absolute atomic E-state index is 0.0388. The van der Waals surface area contributed by atoms with Crippen LogP contribution in [0.2, 0.25) is 0 Å². The quantitative estimate of drug-likeness (QED) is 0.560. The number of hydrogen-bond donors (Lipinski definition) is 0. The highest BCUT2D eigenvalue weighted by atomic mass is 16.6. The summed E-state index contributed by atoms with van der Waals surface area (Å²) in [5, 5.41) is 0. The van der Waals surface area contributed by atoms with E-state index in [1.165, 1.54) is 0 Å². The van der Waals surface area contributed by atoms with Crippen LogP contribution in [0.4, 0.5) is 0 Å². The molecular weight excluding hydrogens is 382 g/mol. The van der Waals surface area contributed by atoms with E-state index in [2.05, 4.69) is 0 Å². The third kappa shape index (κ3) is 4.48. The molecule has 2 heterocycles. The normalized spacial score (nSPS) is 16.5. The number of nitrogens with zero attached hydrogens (tertiary/aromatic N) is 1. The molecular formula is C24H25NO5. The first-order chi connectivity index (χ1) is 14.6. The van der Waals surface area contributed by atoms with Crippen molar-refractivity contribution >= 4 is 17.8 Å². The summed E-state index contributed by atoms with van der Waals surface area (Å²) < 4.78 is 16.3. The highest BCUT2D eigenvalue weighted by Gasteiger charge is 2.28. The Balaban J connectivity index is 1.33. The minimum atomic E-state index is -0.0843. The van der Waals surface area contributed by atoms with Gasteiger partial charge in [0.1, 0.15) is 19.0 Å². The van der Waals surface area contributed by atoms with E-state index >= 15 is 0 Å². The molecule has 0 atom stereocenters. The number of Topliss-reactive ketones (excluding diaryl/α,β-unsaturated/α-hetero) is 1. The second kappa shape index (κ2) is 9.03. The molecule has 4 rings (SSSR count). The van der Waals surface area contributed by atoms with Crippen LogP contribution in [0.15, 0.2) is 48.5 Å². The van der Waals surface area contributed by atoms with Crippen molar-refractivity contribution in [3.63, 3.8) is 0 Å². The van der Waals surface area contributed by atoms with E-state index in [1.54, 1.807) is 42.4 Å². The number of amides is 1. The van der Waals surface area contributed by atoms with Gasteiger partial charge in [-0.3, -0.25) is 9.59 Å². The Labute approximate surface area is 176 Å². The van der Waals surface area contributed by atoms with Crippen LogP contribution in [0.5, 0.6) is 17.2 Å². The molecule has 1 saturated heterocycles. The number of piperidine rings is 1. The van der Waals surface area contributed by atoms with Crippen molar-refractivity contribution in [2.75, 3.05) is 33.4 Å². The maximum Gasteiger partial charge on any atom is 0.246 e. The molecule has 0 unspecified atom stereocenters. The van der Waals surface area contributed by atoms with Crippen molar-refractivity contribution in [2.45, 2.75) is 12.8 Å². The lowest BCUT2D eigenvalue weighted by molar-refractivity contribution is -0.127. The first kappa shape index (κ1) is 20.0. The molecule has 2 aromatic rings. The molecule has 0 radical (unpaired) electrons. The fourth-order valence-corrected chi connectivity index (χ4v) is 3.81. The number of carbonyl (C=O) groups excluding carboxylic acids is 2. The summed E-state index contributed by atoms with van der Waals surface area (Å²) in [6.45, 7) is 2.16. The minimum Gasteiger partial charge on any atom is -0.497 e. The predicted molar refractivity (Wildman–Crippen MR) is 113 cm³/mol. The van der Waals surface area contributed by atoms with Gasteiger partial charge in [-0.2, -0.15) is 0 Å². The summed E-state index contributed by atoms with van der Waals surface area (Å²) in [7, 11) is 1.62. The van der Waals surface area contributed by atoms with Crippen molar-refractivity contribution in [2.24, 2.45) is 5.92 Å². The monoisotopic (exact) mass is 407 g/mol. The van der Waals surface area contributed by atoms with Gasteiger partial charge in [0.05, 0.1) is 7.11 Å². The zero-order valence-corrected chi connectivity index (χ0v) is 17.0. The van der Waals surface area contributed by atoms with Gasteiger partial charge in [0.15, 0.2) is 17.3 Å². The second-order valence-corrected chi connectivity index (χ2v) is 7.43. The topological polar surface area (TPSA) is 65.1 Å². The Hall–Kier alpha value is -3.28. The fraction of sp³-hybridized carbons (Fsp3) is 0.333. The van der Waals surface area contributed by atoms with Crippen molar-refractivity contribution in [3.8, 4) is 17.2 Å². The van der Waals surface area contributed by atoms with Crippen LogP contribution in [0.25, 0.3) is 6.08 Å². The first-order valence-corrected chi connectivity index (χ1v) is 10.2. The molecule has 30 heavy (non-hydrogen) atoms. The summed E-state index contributed by atoms with van der Waals surface area (Å²) in [5.41, 5.74) is 1.55. The van der Waals surface area contributed by atoms with Crippen molar-refractivity contribution in [1.29, 1.82) is 0 Å². The Bertz CT molecular complexity index is 960. The molecule has 2 aromatic carbocycles. The van der Waals surface area contributed by atoms with Gasteiger partial charge in [-0.05, 0) is 54.8 Å². The zero-order chi connectivity index (χ0) is 20.9. The average Bonchev–Trinajstić information content (AvgIpc) is 2.82. The molecule has 1 fully saturated rings. The third-order valence-corrected chi connectivity index (χ3v) is 5.52. The summed E-state index contributed by atoms with van der Waals surface area (Å²) in [6, 6.07) is 12.9. The van der Waals surface area contributed by atoms with Gasteiger partial charge in [0.25, 0.3) is 0 Å². The highest BCUT2D eigenvalue weighted by molar-refractivity contribution is 5.99. The summed E-state index contributed by atoms with van der Waals surface area (Å²) in [4.78, 5) is 27.2. The molecule has 156 valence electrons. The van der Waals surface area contributed by atoms with Gasteiger partial charge in [-0.25, -0.2) is 0 Å². The van der Waals surface area contributed by atoms with E-state index in [0.717, 1.165) is 11.3 Å². The largest absolute Gasteiger partial charge is 0.497 e. The van der Waals surface area contributed by atoms with Crippen LogP contribution in [-0.4, -0.2) is 50.0 Å². The van der Waals surface area contributed by atoms with Crippen molar-refractivity contribution in [3.05, 3.63) is 59.7 Å². The van der Waals surface area contributed by atoms with Crippen LogP contribution in [0.1, 0.15) is 28.8 Å². The van der Waals surface area contributed by atoms with Crippen LogP contribution in [0, 0.1) is 5.92 Å². The van der Waals surface area contributed by atoms with Gasteiger partial charge < -0.3 is 19.1 Å². The molecule has 0 N–H and O–H groups in total. The van der Waals surface area contributed by atoms with Crippen LogP contribution < -0.4 is 14.2 Å². The number of hydrogen-bond acceptors (Lipinski definition) is 5. The lowest BCUT2D eigenvalue weighted by Crippen LogP contribution is -2.39. The number of rotatable bonds is 5. The Morgan fingerprint density at radius 1 is 1.03 bits per heavy atom. The van der Waals surface area contributed by atoms with Crippen LogP contribution >= 0.6 is 0 Å². The van der Waals surface area contributed by atoms with Gasteiger partial charge in [-0.1, -0.05) is 12.1 Å². The number of likely N-dealkylation sites (tertiary alicyclic amines) is 1. The predicted octanol–water partition coefficient (Wildman–Crippen LogP) is 3.60. The third-order valence-electron chi connectivity index (χ3n) is 5.52. The molecule has 6 heteroatoms. The first-order valence-electron chi connectivity index (χ1n) is 10.2. The lowest BCUT2D eigenvalue weighted by atomic mass is 9.88. The Morgan fingerprint density at radius 3 is 2.57 bits per heavy atom. The van der Waals surface area contributed by atoms with Crippen molar-refractivity contribution in [1.82, 2.24) is 4.90 Å². The summed E-state index contributed by atoms with van der Waals surface area (Å²) in [6.07, 6.45) is 4.69. The van der Waals surface area contributed by atoms with Gasteiger partial charge >= 0.3 is 0 Å². The fourth-order valence-electron chi connectivity index (χ4n) is 3.81. The van der Waals surface area contributed by atoms with E-state index in [-0.39, 0.29) is 17.6 Å². The number of carbonyl (C=O) groups is 2. The number of methoxy groups -OCH3 is 1. The van der Waals surface area contributed by atoms with Crippen molar-refractivity contribution < 1.29 is 23.8 Å². The van der Waals surface area contributed by atoms with E-state index in [4.69, 9.17) is 14.2 Å². The van der Waals surface area contributed by atoms with E-state index < -0.39 is 0 Å². The van der Waals surface area contributed by atoms with Gasteiger partial charge in [0, 0.05) is 30.6 Å². The molecule has 0 bridgehead atoms. The van der Waals surface area contributed by atoms with Crippen LogP contribution in [-0.2, 0) is 4.79 Å². The Kier molecular flexibility index (Phi) is 6.02. The van der Waals surface area contributed by atoms with E-state index in [0.29, 0.717) is 56.2 Å². The second-order valence-electron chi connectivity index (χ2n) is 7.43. The maximum absolute atomic E-state index is 12.9. The molecule has 1 amide bonds. The molecule has 0 spiro atoms. The zero-order valence-electron chi connectivity index (χ0n) is 17.0. The molecule has 0 saturated carbocycles. The molecule has 6 nitrogen and oxygen atoms in total. The number of ketones is 1. The Morgan fingerprint density at radius 2 is 1.80 bits per heavy atom. The number of fused-ring (bicyclic) bond motifs is 1. The lowest BCUT2D eigenvalue weighted by Gasteiger charge is -2.30. The number of benzene rings is 2. The van der Waals surface area contributed by atoms with Crippen LogP contribution in [0.3, 0.4) is 0 Å². The summed E-state index contributed by atoms with van der Waals surface area (Å²) in [5.74, 6) is 2.04. The molecule has 2 aliphatic rings. The SMILES string of the molecule is COc1cccc(C=CC(=O)N2CCC(C(=O)c3ccc4c(c3)OCCO4)CC2)c1. The van der Waals surface area contributed by atoms with E-state index in [9.17, 15) is 9.59 Å². The molecule has 2 aliphatic heterocycles. The average molecular weight is 407 g/mol. The van der Waals surface area contributed by atoms with Gasteiger partial charge in [0.2, 0.25) is 5.91 Å². The standard InChI is InChI=1S/C24H25NO5/c1-28-20-4-2-3-17(15-20)5-8-23(26)25-11-9-18(10-12-25)24(27)19-6-7-21-22(16-19)30-14-13-29-21/h2-8,15-16,18H,9-14H2,1H3. The molecule has 0 aliphatic carbocycles. The highest BCUT2D eigenvalue weighted by Crippen LogP contribution is 2.32. The van der Waals surface area contributed by atoms with E-state index in [1.807, 2.05) is 24.3 Å². The van der Waals surface area contributed by atoms with Gasteiger partial charge in [-0.15, -0.1) is 0 Å². The molecule has 0 aromatic heterocycles. The maximum atomic E-state index is 12.9. The summed E-state index contributed by atoms with van der Waals surface area (Å²) >= 11 is 0. The smallest absolute Gasteiger partial charge is 0.246 e.